The molecular weight excluding hydrogens is 168 g/mol. The highest BCUT2D eigenvalue weighted by Gasteiger charge is 2.09. The average Bonchev–Trinajstić information content (AvgIpc) is 2.13. The van der Waals surface area contributed by atoms with Crippen molar-refractivity contribution in [3.05, 3.63) is 0 Å². The smallest absolute Gasteiger partial charge is 0.307 e. The molecule has 0 aliphatic rings. The number of likely N-dealkylation sites (N-methyl/N-ethyl adjacent to an activating group) is 1. The number of rotatable bonds is 6. The Morgan fingerprint density at radius 3 is 2.69 bits per heavy atom. The van der Waals surface area contributed by atoms with Crippen molar-refractivity contribution in [1.82, 2.24) is 4.90 Å². The van der Waals surface area contributed by atoms with E-state index in [4.69, 9.17) is 10.5 Å². The minimum Gasteiger partial charge on any atom is -0.466 e. The summed E-state index contributed by atoms with van der Waals surface area (Å²) in [5, 5.41) is 0. The van der Waals surface area contributed by atoms with Crippen LogP contribution in [0.3, 0.4) is 0 Å². The van der Waals surface area contributed by atoms with Gasteiger partial charge < -0.3 is 15.4 Å². The molecule has 0 fully saturated rings. The molecule has 0 spiro atoms. The molecule has 0 saturated heterocycles. The van der Waals surface area contributed by atoms with Crippen LogP contribution in [0.2, 0.25) is 0 Å². The molecule has 0 aliphatic heterocycles. The van der Waals surface area contributed by atoms with Gasteiger partial charge in [-0.1, -0.05) is 0 Å². The first kappa shape index (κ1) is 12.4. The van der Waals surface area contributed by atoms with Crippen molar-refractivity contribution in [2.75, 3.05) is 26.7 Å². The molecule has 78 valence electrons. The number of hydrogen-bond acceptors (Lipinski definition) is 4. The summed E-state index contributed by atoms with van der Waals surface area (Å²) in [6.45, 7) is 5.61. The van der Waals surface area contributed by atoms with E-state index in [1.165, 1.54) is 0 Å². The van der Waals surface area contributed by atoms with Gasteiger partial charge in [0.15, 0.2) is 0 Å². The van der Waals surface area contributed by atoms with Crippen molar-refractivity contribution in [3.8, 4) is 0 Å². The van der Waals surface area contributed by atoms with Crippen molar-refractivity contribution in [2.24, 2.45) is 5.73 Å². The summed E-state index contributed by atoms with van der Waals surface area (Å²) in [7, 11) is 1.96. The molecule has 4 heteroatoms. The van der Waals surface area contributed by atoms with Gasteiger partial charge in [0.05, 0.1) is 13.0 Å². The highest BCUT2D eigenvalue weighted by molar-refractivity contribution is 5.69. The first-order valence-electron chi connectivity index (χ1n) is 4.67. The zero-order valence-electron chi connectivity index (χ0n) is 8.75. The third kappa shape index (κ3) is 5.60. The summed E-state index contributed by atoms with van der Waals surface area (Å²) in [6, 6.07) is 0.314. The van der Waals surface area contributed by atoms with E-state index < -0.39 is 0 Å². The number of ether oxygens (including phenoxy) is 1. The molecule has 4 nitrogen and oxygen atoms in total. The van der Waals surface area contributed by atoms with E-state index in [-0.39, 0.29) is 5.97 Å². The van der Waals surface area contributed by atoms with Crippen LogP contribution >= 0.6 is 0 Å². The summed E-state index contributed by atoms with van der Waals surface area (Å²) in [5.41, 5.74) is 5.48. The fourth-order valence-electron chi connectivity index (χ4n) is 0.901. The van der Waals surface area contributed by atoms with E-state index in [9.17, 15) is 4.79 Å². The van der Waals surface area contributed by atoms with Crippen LogP contribution in [0.1, 0.15) is 20.3 Å². The first-order valence-corrected chi connectivity index (χ1v) is 4.67. The second-order valence-electron chi connectivity index (χ2n) is 3.12. The maximum absolute atomic E-state index is 11.0. The van der Waals surface area contributed by atoms with Crippen molar-refractivity contribution in [2.45, 2.75) is 26.3 Å². The maximum atomic E-state index is 11.0. The molecule has 0 rings (SSSR count). The molecule has 1 atom stereocenters. The molecule has 0 aliphatic carbocycles. The van der Waals surface area contributed by atoms with Crippen molar-refractivity contribution < 1.29 is 9.53 Å². The van der Waals surface area contributed by atoms with E-state index in [0.29, 0.717) is 32.2 Å². The predicted molar refractivity (Wildman–Crippen MR) is 52.4 cm³/mol. The van der Waals surface area contributed by atoms with Gasteiger partial charge in [0, 0.05) is 19.1 Å². The topological polar surface area (TPSA) is 55.6 Å². The molecular formula is C9H20N2O2. The maximum Gasteiger partial charge on any atom is 0.307 e. The average molecular weight is 188 g/mol. The lowest BCUT2D eigenvalue weighted by molar-refractivity contribution is -0.143. The number of esters is 1. The molecule has 0 aromatic carbocycles. The highest BCUT2D eigenvalue weighted by atomic mass is 16.5. The Kier molecular flexibility index (Phi) is 6.54. The quantitative estimate of drug-likeness (QED) is 0.606. The first-order chi connectivity index (χ1) is 6.11. The second kappa shape index (κ2) is 6.86. The van der Waals surface area contributed by atoms with Crippen molar-refractivity contribution in [1.29, 1.82) is 0 Å². The third-order valence-electron chi connectivity index (χ3n) is 2.07. The lowest BCUT2D eigenvalue weighted by Crippen LogP contribution is -2.36. The fraction of sp³-hybridized carbons (Fsp3) is 0.889. The van der Waals surface area contributed by atoms with E-state index in [1.54, 1.807) is 0 Å². The molecule has 0 heterocycles. The summed E-state index contributed by atoms with van der Waals surface area (Å²) in [6.07, 6.45) is 0.439. The Hall–Kier alpha value is -0.610. The van der Waals surface area contributed by atoms with Crippen LogP contribution in [-0.2, 0) is 9.53 Å². The van der Waals surface area contributed by atoms with Crippen LogP contribution in [0.4, 0.5) is 0 Å². The van der Waals surface area contributed by atoms with Gasteiger partial charge >= 0.3 is 5.97 Å². The van der Waals surface area contributed by atoms with Crippen LogP contribution in [0.25, 0.3) is 0 Å². The summed E-state index contributed by atoms with van der Waals surface area (Å²) in [4.78, 5) is 13.0. The molecule has 1 unspecified atom stereocenters. The zero-order chi connectivity index (χ0) is 10.3. The van der Waals surface area contributed by atoms with Gasteiger partial charge in [0.2, 0.25) is 0 Å². The number of carbonyl (C=O) groups excluding carboxylic acids is 1. The lowest BCUT2D eigenvalue weighted by Gasteiger charge is -2.22. The van der Waals surface area contributed by atoms with Crippen LogP contribution in [0.5, 0.6) is 0 Å². The Morgan fingerprint density at radius 2 is 2.23 bits per heavy atom. The van der Waals surface area contributed by atoms with Gasteiger partial charge in [-0.2, -0.15) is 0 Å². The Morgan fingerprint density at radius 1 is 1.62 bits per heavy atom. The monoisotopic (exact) mass is 188 g/mol. The number of nitrogens with two attached hydrogens (primary N) is 1. The van der Waals surface area contributed by atoms with E-state index >= 15 is 0 Å². The second-order valence-corrected chi connectivity index (χ2v) is 3.12. The van der Waals surface area contributed by atoms with Crippen LogP contribution < -0.4 is 5.73 Å². The molecule has 0 bridgehead atoms. The van der Waals surface area contributed by atoms with Gasteiger partial charge in [-0.05, 0) is 20.9 Å². The van der Waals surface area contributed by atoms with Crippen LogP contribution in [0.15, 0.2) is 0 Å². The molecule has 0 amide bonds. The summed E-state index contributed by atoms with van der Waals surface area (Å²) in [5.74, 6) is -0.140. The molecule has 13 heavy (non-hydrogen) atoms. The normalized spacial score (nSPS) is 13.0. The minimum atomic E-state index is -0.140. The van der Waals surface area contributed by atoms with E-state index in [1.807, 2.05) is 20.9 Å². The third-order valence-corrected chi connectivity index (χ3v) is 2.07. The molecule has 2 N–H and O–H groups in total. The van der Waals surface area contributed by atoms with Crippen molar-refractivity contribution in [3.63, 3.8) is 0 Å². The van der Waals surface area contributed by atoms with Gasteiger partial charge in [0.25, 0.3) is 0 Å². The molecule has 0 radical (unpaired) electrons. The van der Waals surface area contributed by atoms with Crippen LogP contribution in [-0.4, -0.2) is 43.7 Å². The Balaban J connectivity index is 3.57. The highest BCUT2D eigenvalue weighted by Crippen LogP contribution is 1.96. The molecule has 0 saturated carbocycles. The molecule has 0 aromatic rings. The SMILES string of the molecule is CCOC(=O)CCN(C)C(C)CN. The Bertz CT molecular complexity index is 151. The number of hydrogen-bond donors (Lipinski definition) is 1. The number of carbonyl (C=O) groups is 1. The standard InChI is InChI=1S/C9H20N2O2/c1-4-13-9(12)5-6-11(3)8(2)7-10/h8H,4-7,10H2,1-3H3. The fourth-order valence-corrected chi connectivity index (χ4v) is 0.901. The van der Waals surface area contributed by atoms with Gasteiger partial charge in [-0.3, -0.25) is 4.79 Å². The van der Waals surface area contributed by atoms with Crippen LogP contribution in [0, 0.1) is 0 Å². The van der Waals surface area contributed by atoms with Gasteiger partial charge in [-0.15, -0.1) is 0 Å². The van der Waals surface area contributed by atoms with Gasteiger partial charge in [0.1, 0.15) is 0 Å². The molecule has 0 aromatic heterocycles. The summed E-state index contributed by atoms with van der Waals surface area (Å²) >= 11 is 0. The van der Waals surface area contributed by atoms with Gasteiger partial charge in [-0.25, -0.2) is 0 Å². The summed E-state index contributed by atoms with van der Waals surface area (Å²) < 4.78 is 4.81. The van der Waals surface area contributed by atoms with Crippen molar-refractivity contribution >= 4 is 5.97 Å². The largest absolute Gasteiger partial charge is 0.466 e. The zero-order valence-corrected chi connectivity index (χ0v) is 8.75. The minimum absolute atomic E-state index is 0.140. The number of nitrogens with zero attached hydrogens (tertiary/aromatic N) is 1. The predicted octanol–water partition coefficient (Wildman–Crippen LogP) is 0.219. The lowest BCUT2D eigenvalue weighted by atomic mass is 10.3. The Labute approximate surface area is 80.0 Å². The van der Waals surface area contributed by atoms with E-state index in [2.05, 4.69) is 4.90 Å². The van der Waals surface area contributed by atoms with E-state index in [0.717, 1.165) is 0 Å².